The molecule has 0 atom stereocenters. The molecule has 0 amide bonds. The van der Waals surface area contributed by atoms with Crippen LogP contribution >= 0.6 is 0 Å². The van der Waals surface area contributed by atoms with Crippen LogP contribution in [0.25, 0.3) is 0 Å². The molecule has 1 aliphatic heterocycles. The maximum absolute atomic E-state index is 13.4. The first kappa shape index (κ1) is 20.7. The van der Waals surface area contributed by atoms with Gasteiger partial charge in [-0.1, -0.05) is 12.1 Å². The summed E-state index contributed by atoms with van der Waals surface area (Å²) >= 11 is 0. The van der Waals surface area contributed by atoms with Crippen LogP contribution in [0, 0.1) is 15.9 Å². The fourth-order valence-corrected chi connectivity index (χ4v) is 3.61. The monoisotopic (exact) mass is 426 g/mol. The zero-order valence-electron chi connectivity index (χ0n) is 17.1. The van der Waals surface area contributed by atoms with E-state index in [1.165, 1.54) is 18.5 Å². The largest absolute Gasteiger partial charge is 0.467 e. The van der Waals surface area contributed by atoms with Gasteiger partial charge >= 0.3 is 5.69 Å². The van der Waals surface area contributed by atoms with Gasteiger partial charge in [0.05, 0.1) is 17.7 Å². The number of halogens is 1. The van der Waals surface area contributed by atoms with Crippen LogP contribution < -0.4 is 9.80 Å². The van der Waals surface area contributed by atoms with Crippen molar-refractivity contribution in [1.82, 2.24) is 14.9 Å². The van der Waals surface area contributed by atoms with Crippen LogP contribution in [-0.4, -0.2) is 53.0 Å². The average Bonchev–Trinajstić information content (AvgIpc) is 3.28. The number of rotatable bonds is 7. The topological polar surface area (TPSA) is 91.8 Å². The molecule has 0 N–H and O–H groups in total. The van der Waals surface area contributed by atoms with Crippen molar-refractivity contribution in [2.24, 2.45) is 0 Å². The molecule has 162 valence electrons. The Bertz CT molecular complexity index is 1020. The zero-order chi connectivity index (χ0) is 21.8. The molecule has 10 heteroatoms. The number of anilines is 2. The maximum atomic E-state index is 13.4. The minimum atomic E-state index is -0.428. The second kappa shape index (κ2) is 9.09. The maximum Gasteiger partial charge on any atom is 0.353 e. The van der Waals surface area contributed by atoms with Crippen molar-refractivity contribution in [1.29, 1.82) is 0 Å². The molecule has 0 unspecified atom stereocenters. The summed E-state index contributed by atoms with van der Waals surface area (Å²) < 4.78 is 18.8. The van der Waals surface area contributed by atoms with Crippen LogP contribution in [0.1, 0.15) is 11.3 Å². The number of likely N-dealkylation sites (N-methyl/N-ethyl adjacent to an activating group) is 1. The van der Waals surface area contributed by atoms with Gasteiger partial charge in [-0.15, -0.1) is 0 Å². The minimum Gasteiger partial charge on any atom is -0.467 e. The standard InChI is InChI=1S/C21H23FN6O3/c1-25-8-10-26(11-9-25)20-19(28(29)30)21(24-15-23-20)27(14-18-3-2-12-31-18)13-16-4-6-17(22)7-5-16/h2-7,12,15H,8-11,13-14H2,1H3. The molecule has 3 heterocycles. The fourth-order valence-electron chi connectivity index (χ4n) is 3.61. The Morgan fingerprint density at radius 1 is 1.13 bits per heavy atom. The number of nitrogens with zero attached hydrogens (tertiary/aromatic N) is 6. The number of hydrogen-bond donors (Lipinski definition) is 0. The molecule has 0 spiro atoms. The molecule has 0 bridgehead atoms. The summed E-state index contributed by atoms with van der Waals surface area (Å²) in [6.45, 7) is 3.43. The van der Waals surface area contributed by atoms with Crippen LogP contribution in [0.5, 0.6) is 0 Å². The minimum absolute atomic E-state index is 0.138. The summed E-state index contributed by atoms with van der Waals surface area (Å²) in [6.07, 6.45) is 2.91. The van der Waals surface area contributed by atoms with Crippen molar-refractivity contribution in [3.8, 4) is 0 Å². The molecule has 0 aliphatic carbocycles. The summed E-state index contributed by atoms with van der Waals surface area (Å²) in [7, 11) is 2.02. The summed E-state index contributed by atoms with van der Waals surface area (Å²) in [6, 6.07) is 9.59. The molecule has 1 aromatic carbocycles. The van der Waals surface area contributed by atoms with E-state index in [4.69, 9.17) is 4.42 Å². The molecule has 0 radical (unpaired) electrons. The summed E-state index contributed by atoms with van der Waals surface area (Å²) in [5, 5.41) is 12.1. The molecule has 1 saturated heterocycles. The highest BCUT2D eigenvalue weighted by atomic mass is 19.1. The Kier molecular flexibility index (Phi) is 6.08. The van der Waals surface area contributed by atoms with Crippen LogP contribution in [0.2, 0.25) is 0 Å². The summed E-state index contributed by atoms with van der Waals surface area (Å²) in [5.74, 6) is 0.809. The van der Waals surface area contributed by atoms with Crippen LogP contribution in [0.3, 0.4) is 0 Å². The van der Waals surface area contributed by atoms with Gasteiger partial charge in [0.15, 0.2) is 0 Å². The first-order chi connectivity index (χ1) is 15.0. The lowest BCUT2D eigenvalue weighted by Gasteiger charge is -2.33. The predicted octanol–water partition coefficient (Wildman–Crippen LogP) is 3.08. The van der Waals surface area contributed by atoms with E-state index in [0.29, 0.717) is 31.2 Å². The van der Waals surface area contributed by atoms with Crippen molar-refractivity contribution in [3.05, 3.63) is 76.2 Å². The van der Waals surface area contributed by atoms with E-state index < -0.39 is 4.92 Å². The molecular formula is C21H23FN6O3. The fraction of sp³-hybridized carbons (Fsp3) is 0.333. The lowest BCUT2D eigenvalue weighted by Crippen LogP contribution is -2.45. The van der Waals surface area contributed by atoms with Crippen molar-refractivity contribution in [3.63, 3.8) is 0 Å². The summed E-state index contributed by atoms with van der Waals surface area (Å²) in [4.78, 5) is 26.1. The third-order valence-corrected chi connectivity index (χ3v) is 5.28. The molecule has 3 aromatic rings. The van der Waals surface area contributed by atoms with Gasteiger partial charge in [0.1, 0.15) is 17.9 Å². The molecule has 1 aliphatic rings. The van der Waals surface area contributed by atoms with Crippen LogP contribution in [-0.2, 0) is 13.1 Å². The van der Waals surface area contributed by atoms with Gasteiger partial charge in [-0.25, -0.2) is 14.4 Å². The molecule has 0 saturated carbocycles. The van der Waals surface area contributed by atoms with E-state index >= 15 is 0 Å². The molecule has 4 rings (SSSR count). The van der Waals surface area contributed by atoms with E-state index in [0.717, 1.165) is 18.7 Å². The van der Waals surface area contributed by atoms with E-state index in [2.05, 4.69) is 14.9 Å². The number of benzene rings is 1. The highest BCUT2D eigenvalue weighted by Gasteiger charge is 2.31. The van der Waals surface area contributed by atoms with E-state index in [-0.39, 0.29) is 23.9 Å². The van der Waals surface area contributed by atoms with Crippen molar-refractivity contribution in [2.45, 2.75) is 13.1 Å². The SMILES string of the molecule is CN1CCN(c2ncnc(N(Cc3ccc(F)cc3)Cc3ccco3)c2[N+](=O)[O-])CC1. The van der Waals surface area contributed by atoms with Crippen molar-refractivity contribution in [2.75, 3.05) is 43.0 Å². The highest BCUT2D eigenvalue weighted by molar-refractivity contribution is 5.71. The number of aromatic nitrogens is 2. The molecule has 1 fully saturated rings. The van der Waals surface area contributed by atoms with Gasteiger partial charge in [0.2, 0.25) is 11.6 Å². The number of piperazine rings is 1. The Balaban J connectivity index is 1.73. The molecule has 2 aromatic heterocycles. The average molecular weight is 426 g/mol. The summed E-state index contributed by atoms with van der Waals surface area (Å²) in [5.41, 5.74) is 0.655. The predicted molar refractivity (Wildman–Crippen MR) is 113 cm³/mol. The quantitative estimate of drug-likeness (QED) is 0.420. The Morgan fingerprint density at radius 3 is 2.52 bits per heavy atom. The number of hydrogen-bond acceptors (Lipinski definition) is 8. The van der Waals surface area contributed by atoms with E-state index in [1.54, 1.807) is 35.4 Å². The number of nitro groups is 1. The Labute approximate surface area is 178 Å². The third kappa shape index (κ3) is 4.80. The van der Waals surface area contributed by atoms with Gasteiger partial charge in [0, 0.05) is 32.7 Å². The Morgan fingerprint density at radius 2 is 1.87 bits per heavy atom. The lowest BCUT2D eigenvalue weighted by atomic mass is 10.2. The van der Waals surface area contributed by atoms with Gasteiger partial charge in [-0.2, -0.15) is 0 Å². The number of furan rings is 1. The molecule has 9 nitrogen and oxygen atoms in total. The van der Waals surface area contributed by atoms with Gasteiger partial charge in [-0.3, -0.25) is 10.1 Å². The normalized spacial score (nSPS) is 14.6. The van der Waals surface area contributed by atoms with E-state index in [1.807, 2.05) is 11.9 Å². The zero-order valence-corrected chi connectivity index (χ0v) is 17.1. The lowest BCUT2D eigenvalue weighted by molar-refractivity contribution is -0.383. The van der Waals surface area contributed by atoms with Crippen LogP contribution in [0.4, 0.5) is 21.7 Å². The molecule has 31 heavy (non-hydrogen) atoms. The second-order valence-electron chi connectivity index (χ2n) is 7.48. The van der Waals surface area contributed by atoms with Crippen molar-refractivity contribution < 1.29 is 13.7 Å². The Hall–Kier alpha value is -3.53. The highest BCUT2D eigenvalue weighted by Crippen LogP contribution is 2.36. The first-order valence-electron chi connectivity index (χ1n) is 9.96. The molecular weight excluding hydrogens is 403 g/mol. The smallest absolute Gasteiger partial charge is 0.353 e. The van der Waals surface area contributed by atoms with Crippen molar-refractivity contribution >= 4 is 17.3 Å². The van der Waals surface area contributed by atoms with Gasteiger partial charge in [0.25, 0.3) is 0 Å². The van der Waals surface area contributed by atoms with Gasteiger partial charge < -0.3 is 19.1 Å². The van der Waals surface area contributed by atoms with E-state index in [9.17, 15) is 14.5 Å². The second-order valence-corrected chi connectivity index (χ2v) is 7.48. The first-order valence-corrected chi connectivity index (χ1v) is 9.96. The van der Waals surface area contributed by atoms with Crippen LogP contribution in [0.15, 0.2) is 53.4 Å². The van der Waals surface area contributed by atoms with Gasteiger partial charge in [-0.05, 0) is 36.9 Å². The third-order valence-electron chi connectivity index (χ3n) is 5.28.